The maximum absolute atomic E-state index is 3.91. The Hall–Kier alpha value is -3.78. The van der Waals surface area contributed by atoms with Crippen LogP contribution in [-0.2, 0) is 0 Å². The summed E-state index contributed by atoms with van der Waals surface area (Å²) >= 11 is 0. The Balaban J connectivity index is 2.18. The summed E-state index contributed by atoms with van der Waals surface area (Å²) in [6.07, 6.45) is 0. The van der Waals surface area contributed by atoms with E-state index >= 15 is 0 Å². The summed E-state index contributed by atoms with van der Waals surface area (Å²) < 4.78 is 0. The predicted octanol–water partition coefficient (Wildman–Crippen LogP) is 7.80. The van der Waals surface area contributed by atoms with Crippen LogP contribution in [0.3, 0.4) is 0 Å². The van der Waals surface area contributed by atoms with Gasteiger partial charge >= 0.3 is 0 Å². The molecule has 38 heavy (non-hydrogen) atoms. The van der Waals surface area contributed by atoms with Crippen LogP contribution in [0.5, 0.6) is 0 Å². The zero-order chi connectivity index (χ0) is 27.1. The summed E-state index contributed by atoms with van der Waals surface area (Å²) in [4.78, 5) is 0. The highest BCUT2D eigenvalue weighted by Gasteiger charge is 2.40. The number of hydrogen-bond donors (Lipinski definition) is 0. The Morgan fingerprint density at radius 2 is 0.895 bits per heavy atom. The zero-order valence-corrected chi connectivity index (χ0v) is 24.5. The van der Waals surface area contributed by atoms with Gasteiger partial charge in [-0.3, -0.25) is 0 Å². The fraction of sp³-hybridized carbons (Fsp3) is 0.243. The van der Waals surface area contributed by atoms with Crippen LogP contribution in [0.2, 0.25) is 0 Å². The fourth-order valence-electron chi connectivity index (χ4n) is 4.90. The lowest BCUT2D eigenvalue weighted by Gasteiger charge is -2.31. The van der Waals surface area contributed by atoms with Crippen LogP contribution in [0, 0.1) is 22.9 Å². The van der Waals surface area contributed by atoms with Gasteiger partial charge < -0.3 is 0 Å². The zero-order valence-electron chi connectivity index (χ0n) is 23.5. The molecule has 0 atom stereocenters. The second-order valence-electron chi connectivity index (χ2n) is 10.9. The third kappa shape index (κ3) is 6.02. The molecule has 4 aromatic rings. The number of rotatable bonds is 5. The molecule has 0 unspecified atom stereocenters. The Labute approximate surface area is 231 Å². The van der Waals surface area contributed by atoms with E-state index in [4.69, 9.17) is 0 Å². The van der Waals surface area contributed by atoms with Crippen molar-refractivity contribution in [1.29, 1.82) is 0 Å². The van der Waals surface area contributed by atoms with Crippen LogP contribution >= 0.6 is 0 Å². The molecule has 0 nitrogen and oxygen atoms in total. The van der Waals surface area contributed by atoms with E-state index in [1.165, 1.54) is 27.1 Å². The molecule has 0 fully saturated rings. The maximum atomic E-state index is 3.91. The highest BCUT2D eigenvalue weighted by Crippen LogP contribution is 2.28. The first kappa shape index (κ1) is 27.3. The molecule has 0 heterocycles. The SMILES string of the molecule is CC(C)c1cc(C(C)C)c([Si](C#Cc2ccccc2)(C#Cc2ccccc2)c2ccccc2)c(C(C)C)c1. The van der Waals surface area contributed by atoms with Crippen molar-refractivity contribution in [1.82, 2.24) is 0 Å². The van der Waals surface area contributed by atoms with Gasteiger partial charge in [-0.1, -0.05) is 143 Å². The molecule has 0 N–H and O–H groups in total. The summed E-state index contributed by atoms with van der Waals surface area (Å²) in [5.41, 5.74) is 14.0. The van der Waals surface area contributed by atoms with Gasteiger partial charge in [0.2, 0.25) is 0 Å². The van der Waals surface area contributed by atoms with Crippen LogP contribution in [0.4, 0.5) is 0 Å². The van der Waals surface area contributed by atoms with Crippen molar-refractivity contribution in [2.24, 2.45) is 0 Å². The molecule has 0 spiro atoms. The van der Waals surface area contributed by atoms with Gasteiger partial charge in [-0.2, -0.15) is 0 Å². The van der Waals surface area contributed by atoms with Crippen molar-refractivity contribution in [3.8, 4) is 22.9 Å². The normalized spacial score (nSPS) is 11.2. The van der Waals surface area contributed by atoms with E-state index in [-0.39, 0.29) is 0 Å². The standard InChI is InChI=1S/C37H38Si/c1-28(2)33-26-35(29(3)4)37(36(27-33)30(5)6)38(34-20-14-9-15-21-34,24-22-31-16-10-7-11-17-31)25-23-32-18-12-8-13-19-32/h7-21,26-30H,1-6H3. The average Bonchev–Trinajstić information content (AvgIpc) is 2.94. The molecule has 0 bridgehead atoms. The van der Waals surface area contributed by atoms with Crippen molar-refractivity contribution in [3.63, 3.8) is 0 Å². The smallest absolute Gasteiger partial charge is 0.0989 e. The minimum Gasteiger partial charge on any atom is -0.0989 e. The topological polar surface area (TPSA) is 0 Å². The minimum absolute atomic E-state index is 0.355. The molecule has 0 saturated carbocycles. The lowest BCUT2D eigenvalue weighted by atomic mass is 9.89. The quantitative estimate of drug-likeness (QED) is 0.190. The third-order valence-electron chi connectivity index (χ3n) is 7.05. The summed E-state index contributed by atoms with van der Waals surface area (Å²) in [6.45, 7) is 13.8. The van der Waals surface area contributed by atoms with E-state index < -0.39 is 8.07 Å². The third-order valence-corrected chi connectivity index (χ3v) is 10.6. The van der Waals surface area contributed by atoms with Crippen molar-refractivity contribution >= 4 is 18.4 Å². The highest BCUT2D eigenvalue weighted by atomic mass is 28.3. The summed E-state index contributed by atoms with van der Waals surface area (Å²) in [5, 5.41) is 2.62. The Morgan fingerprint density at radius 1 is 0.500 bits per heavy atom. The van der Waals surface area contributed by atoms with E-state index in [9.17, 15) is 0 Å². The molecule has 0 amide bonds. The van der Waals surface area contributed by atoms with Crippen molar-refractivity contribution < 1.29 is 0 Å². The maximum Gasteiger partial charge on any atom is 0.277 e. The molecule has 0 aromatic heterocycles. The molecule has 0 aliphatic heterocycles. The molecule has 0 aliphatic rings. The largest absolute Gasteiger partial charge is 0.277 e. The van der Waals surface area contributed by atoms with Crippen molar-refractivity contribution in [3.05, 3.63) is 131 Å². The molecular weight excluding hydrogens is 472 g/mol. The second kappa shape index (κ2) is 12.2. The number of hydrogen-bond acceptors (Lipinski definition) is 0. The average molecular weight is 511 g/mol. The van der Waals surface area contributed by atoms with Gasteiger partial charge in [-0.15, -0.1) is 0 Å². The van der Waals surface area contributed by atoms with Crippen LogP contribution in [0.1, 0.15) is 87.1 Å². The Morgan fingerprint density at radius 3 is 1.26 bits per heavy atom. The van der Waals surface area contributed by atoms with E-state index in [0.29, 0.717) is 17.8 Å². The molecule has 1 heteroatoms. The lowest BCUT2D eigenvalue weighted by molar-refractivity contribution is 0.812. The fourth-order valence-corrected chi connectivity index (χ4v) is 8.73. The first-order chi connectivity index (χ1) is 18.3. The number of benzene rings is 4. The summed E-state index contributed by atoms with van der Waals surface area (Å²) in [7, 11) is -2.91. The van der Waals surface area contributed by atoms with Gasteiger partial charge in [0, 0.05) is 11.1 Å². The first-order valence-electron chi connectivity index (χ1n) is 13.7. The van der Waals surface area contributed by atoms with Gasteiger partial charge in [0.05, 0.1) is 0 Å². The van der Waals surface area contributed by atoms with Crippen LogP contribution in [0.15, 0.2) is 103 Å². The van der Waals surface area contributed by atoms with Gasteiger partial charge in [-0.25, -0.2) is 0 Å². The summed E-state index contributed by atoms with van der Waals surface area (Å²) in [6, 6.07) is 36.4. The predicted molar refractivity (Wildman–Crippen MR) is 167 cm³/mol. The minimum atomic E-state index is -2.91. The molecule has 4 rings (SSSR count). The van der Waals surface area contributed by atoms with E-state index in [2.05, 4.69) is 155 Å². The summed E-state index contributed by atoms with van der Waals surface area (Å²) in [5.74, 6) is 8.36. The van der Waals surface area contributed by atoms with Crippen molar-refractivity contribution in [2.75, 3.05) is 0 Å². The highest BCUT2D eigenvalue weighted by molar-refractivity contribution is 7.14. The van der Waals surface area contributed by atoms with E-state index in [1.54, 1.807) is 0 Å². The molecule has 0 radical (unpaired) electrons. The Kier molecular flexibility index (Phi) is 8.73. The molecule has 0 saturated heterocycles. The van der Waals surface area contributed by atoms with Gasteiger partial charge in [-0.05, 0) is 69.1 Å². The molecule has 190 valence electrons. The van der Waals surface area contributed by atoms with Crippen LogP contribution < -0.4 is 10.4 Å². The van der Waals surface area contributed by atoms with Gasteiger partial charge in [0.1, 0.15) is 0 Å². The molecule has 4 aromatic carbocycles. The van der Waals surface area contributed by atoms with E-state index in [1.807, 2.05) is 12.1 Å². The van der Waals surface area contributed by atoms with E-state index in [0.717, 1.165) is 11.1 Å². The van der Waals surface area contributed by atoms with Gasteiger partial charge in [0.15, 0.2) is 0 Å². The second-order valence-corrected chi connectivity index (χ2v) is 14.0. The molecular formula is C37H38Si. The Bertz CT molecular complexity index is 1390. The first-order valence-corrected chi connectivity index (χ1v) is 15.7. The van der Waals surface area contributed by atoms with Gasteiger partial charge in [0.25, 0.3) is 8.07 Å². The lowest BCUT2D eigenvalue weighted by Crippen LogP contribution is -2.60. The van der Waals surface area contributed by atoms with Crippen LogP contribution in [-0.4, -0.2) is 8.07 Å². The van der Waals surface area contributed by atoms with Crippen LogP contribution in [0.25, 0.3) is 0 Å². The monoisotopic (exact) mass is 510 g/mol. The van der Waals surface area contributed by atoms with Crippen molar-refractivity contribution in [2.45, 2.75) is 59.3 Å². The molecule has 0 aliphatic carbocycles.